The Kier molecular flexibility index (Phi) is 6.92. The molecule has 0 aliphatic carbocycles. The van der Waals surface area contributed by atoms with Crippen molar-refractivity contribution < 1.29 is 19.4 Å². The van der Waals surface area contributed by atoms with Crippen molar-refractivity contribution in [2.24, 2.45) is 0 Å². The number of aliphatic hydroxyl groups excluding tert-OH is 1. The third kappa shape index (κ3) is 5.72. The van der Waals surface area contributed by atoms with Crippen molar-refractivity contribution in [2.75, 3.05) is 32.8 Å². The molecule has 19 heavy (non-hydrogen) atoms. The molecule has 0 aliphatic heterocycles. The molecule has 5 nitrogen and oxygen atoms in total. The zero-order valence-electron chi connectivity index (χ0n) is 11.5. The van der Waals surface area contributed by atoms with Gasteiger partial charge in [-0.1, -0.05) is 6.92 Å². The van der Waals surface area contributed by atoms with E-state index in [1.165, 1.54) is 0 Å². The molecule has 0 amide bonds. The second-order valence-electron chi connectivity index (χ2n) is 3.97. The van der Waals surface area contributed by atoms with Gasteiger partial charge in [-0.2, -0.15) is 0 Å². The summed E-state index contributed by atoms with van der Waals surface area (Å²) in [5, 5.41) is 8.84. The number of ether oxygens (including phenoxy) is 2. The van der Waals surface area contributed by atoms with Gasteiger partial charge >= 0.3 is 5.97 Å². The lowest BCUT2D eigenvalue weighted by Crippen LogP contribution is -2.34. The Hall–Kier alpha value is -1.59. The predicted molar refractivity (Wildman–Crippen MR) is 72.4 cm³/mol. The number of likely N-dealkylation sites (N-methyl/N-ethyl adjacent to an activating group) is 1. The molecule has 0 saturated heterocycles. The lowest BCUT2D eigenvalue weighted by Gasteiger charge is -2.17. The van der Waals surface area contributed by atoms with Crippen LogP contribution in [0, 0.1) is 0 Å². The Labute approximate surface area is 113 Å². The Morgan fingerprint density at radius 2 is 1.84 bits per heavy atom. The molecule has 0 radical (unpaired) electrons. The number of nitrogens with zero attached hydrogens (tertiary/aromatic N) is 1. The van der Waals surface area contributed by atoms with Crippen LogP contribution in [-0.4, -0.2) is 48.8 Å². The number of benzene rings is 1. The number of hydrogen-bond acceptors (Lipinski definition) is 5. The monoisotopic (exact) mass is 267 g/mol. The maximum Gasteiger partial charge on any atom is 0.325 e. The zero-order chi connectivity index (χ0) is 14.1. The van der Waals surface area contributed by atoms with E-state index in [1.54, 1.807) is 24.3 Å². The topological polar surface area (TPSA) is 59.0 Å². The lowest BCUT2D eigenvalue weighted by molar-refractivity contribution is -0.135. The van der Waals surface area contributed by atoms with E-state index in [0.717, 1.165) is 5.75 Å². The van der Waals surface area contributed by atoms with Crippen molar-refractivity contribution >= 4 is 5.97 Å². The van der Waals surface area contributed by atoms with Gasteiger partial charge in [-0.25, -0.2) is 0 Å². The van der Waals surface area contributed by atoms with Gasteiger partial charge in [-0.05, 0) is 37.7 Å². The van der Waals surface area contributed by atoms with Crippen molar-refractivity contribution in [3.8, 4) is 11.5 Å². The normalized spacial score (nSPS) is 10.5. The van der Waals surface area contributed by atoms with Gasteiger partial charge in [0.15, 0.2) is 0 Å². The molecule has 0 saturated carbocycles. The Balaban J connectivity index is 2.47. The predicted octanol–water partition coefficient (Wildman–Crippen LogP) is 1.30. The maximum atomic E-state index is 11.7. The summed E-state index contributed by atoms with van der Waals surface area (Å²) in [6, 6.07) is 6.92. The highest BCUT2D eigenvalue weighted by atomic mass is 16.5. The van der Waals surface area contributed by atoms with Crippen molar-refractivity contribution in [1.82, 2.24) is 4.90 Å². The summed E-state index contributed by atoms with van der Waals surface area (Å²) in [4.78, 5) is 13.5. The van der Waals surface area contributed by atoms with Crippen molar-refractivity contribution in [2.45, 2.75) is 13.8 Å². The fraction of sp³-hybridized carbons (Fsp3) is 0.500. The van der Waals surface area contributed by atoms with Gasteiger partial charge in [0.2, 0.25) is 0 Å². The molecule has 0 aromatic heterocycles. The van der Waals surface area contributed by atoms with Gasteiger partial charge in [-0.3, -0.25) is 9.69 Å². The number of hydrogen-bond donors (Lipinski definition) is 1. The molecule has 0 fully saturated rings. The molecule has 1 aromatic rings. The van der Waals surface area contributed by atoms with Gasteiger partial charge in [0.25, 0.3) is 0 Å². The minimum absolute atomic E-state index is 0.0319. The third-order valence-electron chi connectivity index (χ3n) is 2.58. The van der Waals surface area contributed by atoms with Crippen LogP contribution < -0.4 is 9.47 Å². The SMILES string of the molecule is CCOc1ccc(OC(=O)CN(CC)CCO)cc1. The molecule has 1 rings (SSSR count). The van der Waals surface area contributed by atoms with E-state index in [-0.39, 0.29) is 19.1 Å². The molecule has 1 aromatic carbocycles. The van der Waals surface area contributed by atoms with Crippen LogP contribution in [0.25, 0.3) is 0 Å². The third-order valence-corrected chi connectivity index (χ3v) is 2.58. The summed E-state index contributed by atoms with van der Waals surface area (Å²) in [6.45, 7) is 5.81. The number of carbonyl (C=O) groups excluding carboxylic acids is 1. The summed E-state index contributed by atoms with van der Waals surface area (Å²) < 4.78 is 10.5. The van der Waals surface area contributed by atoms with Gasteiger partial charge in [0.05, 0.1) is 19.8 Å². The quantitative estimate of drug-likeness (QED) is 0.568. The van der Waals surface area contributed by atoms with E-state index < -0.39 is 0 Å². The second-order valence-corrected chi connectivity index (χ2v) is 3.97. The fourth-order valence-corrected chi connectivity index (χ4v) is 1.61. The van der Waals surface area contributed by atoms with Crippen LogP contribution in [0.5, 0.6) is 11.5 Å². The minimum atomic E-state index is -0.334. The van der Waals surface area contributed by atoms with E-state index in [4.69, 9.17) is 14.6 Å². The highest BCUT2D eigenvalue weighted by Gasteiger charge is 2.10. The van der Waals surface area contributed by atoms with E-state index in [9.17, 15) is 4.79 Å². The van der Waals surface area contributed by atoms with Crippen LogP contribution in [0.4, 0.5) is 0 Å². The van der Waals surface area contributed by atoms with Crippen molar-refractivity contribution in [3.63, 3.8) is 0 Å². The molecule has 5 heteroatoms. The second kappa shape index (κ2) is 8.50. The molecule has 0 aliphatic rings. The number of aliphatic hydroxyl groups is 1. The van der Waals surface area contributed by atoms with Crippen molar-refractivity contribution in [3.05, 3.63) is 24.3 Å². The number of rotatable bonds is 8. The summed E-state index contributed by atoms with van der Waals surface area (Å²) in [5.74, 6) is 0.908. The molecule has 0 heterocycles. The summed E-state index contributed by atoms with van der Waals surface area (Å²) in [7, 11) is 0. The van der Waals surface area contributed by atoms with Gasteiger partial charge in [0, 0.05) is 6.54 Å². The first-order chi connectivity index (χ1) is 9.19. The van der Waals surface area contributed by atoms with Gasteiger partial charge < -0.3 is 14.6 Å². The van der Waals surface area contributed by atoms with E-state index in [1.807, 2.05) is 18.7 Å². The first-order valence-electron chi connectivity index (χ1n) is 6.46. The van der Waals surface area contributed by atoms with Crippen LogP contribution in [0.3, 0.4) is 0 Å². The van der Waals surface area contributed by atoms with Crippen LogP contribution in [0.15, 0.2) is 24.3 Å². The summed E-state index contributed by atoms with van der Waals surface area (Å²) >= 11 is 0. The van der Waals surface area contributed by atoms with E-state index in [0.29, 0.717) is 25.4 Å². The largest absolute Gasteiger partial charge is 0.494 e. The standard InChI is InChI=1S/C14H21NO4/c1-3-15(9-10-16)11-14(17)19-13-7-5-12(6-8-13)18-4-2/h5-8,16H,3-4,9-11H2,1-2H3. The highest BCUT2D eigenvalue weighted by molar-refractivity contribution is 5.74. The average molecular weight is 267 g/mol. The lowest BCUT2D eigenvalue weighted by atomic mass is 10.3. The molecule has 0 unspecified atom stereocenters. The first-order valence-corrected chi connectivity index (χ1v) is 6.46. The Morgan fingerprint density at radius 1 is 1.21 bits per heavy atom. The molecular weight excluding hydrogens is 246 g/mol. The Bertz CT molecular complexity index is 378. The highest BCUT2D eigenvalue weighted by Crippen LogP contribution is 2.17. The maximum absolute atomic E-state index is 11.7. The molecule has 0 spiro atoms. The fourth-order valence-electron chi connectivity index (χ4n) is 1.61. The van der Waals surface area contributed by atoms with Crippen LogP contribution in [0.2, 0.25) is 0 Å². The van der Waals surface area contributed by atoms with E-state index in [2.05, 4.69) is 0 Å². The molecule has 106 valence electrons. The summed E-state index contributed by atoms with van der Waals surface area (Å²) in [6.07, 6.45) is 0. The molecule has 0 atom stereocenters. The van der Waals surface area contributed by atoms with Crippen LogP contribution in [0.1, 0.15) is 13.8 Å². The molecule has 0 bridgehead atoms. The summed E-state index contributed by atoms with van der Waals surface area (Å²) in [5.41, 5.74) is 0. The Morgan fingerprint density at radius 3 is 2.37 bits per heavy atom. The van der Waals surface area contributed by atoms with Gasteiger partial charge in [-0.15, -0.1) is 0 Å². The molecule has 1 N–H and O–H groups in total. The smallest absolute Gasteiger partial charge is 0.325 e. The van der Waals surface area contributed by atoms with E-state index >= 15 is 0 Å². The van der Waals surface area contributed by atoms with Crippen molar-refractivity contribution in [1.29, 1.82) is 0 Å². The average Bonchev–Trinajstić information content (AvgIpc) is 2.41. The van der Waals surface area contributed by atoms with Gasteiger partial charge in [0.1, 0.15) is 11.5 Å². The van der Waals surface area contributed by atoms with Crippen LogP contribution in [-0.2, 0) is 4.79 Å². The minimum Gasteiger partial charge on any atom is -0.494 e. The first kappa shape index (κ1) is 15.5. The number of carbonyl (C=O) groups is 1. The zero-order valence-corrected chi connectivity index (χ0v) is 11.5. The molecular formula is C14H21NO4. The number of esters is 1. The van der Waals surface area contributed by atoms with Crippen LogP contribution >= 0.6 is 0 Å².